The second-order valence-corrected chi connectivity index (χ2v) is 6.74. The van der Waals surface area contributed by atoms with Crippen LogP contribution >= 0.6 is 0 Å². The smallest absolute Gasteiger partial charge is 0.0576 e. The van der Waals surface area contributed by atoms with Crippen molar-refractivity contribution in [3.63, 3.8) is 0 Å². The van der Waals surface area contributed by atoms with Crippen molar-refractivity contribution in [3.8, 4) is 0 Å². The maximum atomic E-state index is 5.69. The van der Waals surface area contributed by atoms with E-state index < -0.39 is 0 Å². The molecule has 1 N–H and O–H groups in total. The van der Waals surface area contributed by atoms with E-state index in [1.807, 2.05) is 0 Å². The van der Waals surface area contributed by atoms with Crippen molar-refractivity contribution in [1.29, 1.82) is 0 Å². The predicted octanol–water partition coefficient (Wildman–Crippen LogP) is 2.41. The zero-order chi connectivity index (χ0) is 12.9. The molecule has 0 spiro atoms. The van der Waals surface area contributed by atoms with Gasteiger partial charge in [0.05, 0.1) is 6.10 Å². The van der Waals surface area contributed by atoms with E-state index in [0.29, 0.717) is 6.10 Å². The lowest BCUT2D eigenvalue weighted by Crippen LogP contribution is -2.43. The maximum absolute atomic E-state index is 5.69. The Hall–Kier alpha value is -0.120. The number of nitrogens with one attached hydrogen (secondary N) is 1. The minimum atomic E-state index is 0.581. The number of rotatable bonds is 7. The summed E-state index contributed by atoms with van der Waals surface area (Å²) >= 11 is 0. The van der Waals surface area contributed by atoms with Crippen LogP contribution in [0, 0.1) is 5.92 Å². The van der Waals surface area contributed by atoms with Crippen LogP contribution in [0.15, 0.2) is 0 Å². The largest absolute Gasteiger partial charge is 0.378 e. The second-order valence-electron chi connectivity index (χ2n) is 6.74. The molecule has 3 heteroatoms. The number of hydrogen-bond donors (Lipinski definition) is 1. The SMILES string of the molecule is C1COC(CCCN2CCC(NCC3CC3)CC2)C1. The molecule has 0 radical (unpaired) electrons. The summed E-state index contributed by atoms with van der Waals surface area (Å²) in [6.07, 6.45) is 11.4. The van der Waals surface area contributed by atoms with Crippen molar-refractivity contribution in [3.05, 3.63) is 0 Å². The van der Waals surface area contributed by atoms with Crippen LogP contribution in [0.1, 0.15) is 51.4 Å². The summed E-state index contributed by atoms with van der Waals surface area (Å²) in [5, 5.41) is 3.76. The minimum absolute atomic E-state index is 0.581. The van der Waals surface area contributed by atoms with E-state index in [-0.39, 0.29) is 0 Å². The van der Waals surface area contributed by atoms with E-state index in [9.17, 15) is 0 Å². The highest BCUT2D eigenvalue weighted by Gasteiger charge is 2.24. The van der Waals surface area contributed by atoms with Crippen LogP contribution in [0.4, 0.5) is 0 Å². The van der Waals surface area contributed by atoms with E-state index in [4.69, 9.17) is 4.74 Å². The molecular formula is C16H30N2O. The highest BCUT2D eigenvalue weighted by Crippen LogP contribution is 2.28. The third-order valence-corrected chi connectivity index (χ3v) is 5.00. The van der Waals surface area contributed by atoms with Gasteiger partial charge in [-0.15, -0.1) is 0 Å². The number of ether oxygens (including phenoxy) is 1. The first-order valence-electron chi connectivity index (χ1n) is 8.47. The molecule has 2 heterocycles. The Morgan fingerprint density at radius 1 is 1.05 bits per heavy atom. The third-order valence-electron chi connectivity index (χ3n) is 5.00. The number of nitrogens with zero attached hydrogens (tertiary/aromatic N) is 1. The first-order chi connectivity index (χ1) is 9.40. The first-order valence-corrected chi connectivity index (χ1v) is 8.47. The Bertz CT molecular complexity index is 253. The second kappa shape index (κ2) is 7.05. The summed E-state index contributed by atoms with van der Waals surface area (Å²) in [5.74, 6) is 1.02. The van der Waals surface area contributed by atoms with E-state index >= 15 is 0 Å². The molecule has 2 aliphatic heterocycles. The molecule has 2 saturated heterocycles. The summed E-state index contributed by atoms with van der Waals surface area (Å²) in [4.78, 5) is 2.66. The minimum Gasteiger partial charge on any atom is -0.378 e. The van der Waals surface area contributed by atoms with Gasteiger partial charge in [0.2, 0.25) is 0 Å². The van der Waals surface area contributed by atoms with Gasteiger partial charge in [-0.3, -0.25) is 0 Å². The van der Waals surface area contributed by atoms with E-state index in [1.165, 1.54) is 77.5 Å². The van der Waals surface area contributed by atoms with Crippen LogP contribution in [0.3, 0.4) is 0 Å². The van der Waals surface area contributed by atoms with Crippen molar-refractivity contribution < 1.29 is 4.74 Å². The van der Waals surface area contributed by atoms with Crippen molar-refractivity contribution in [2.24, 2.45) is 5.92 Å². The van der Waals surface area contributed by atoms with Crippen molar-refractivity contribution in [2.75, 3.05) is 32.8 Å². The number of likely N-dealkylation sites (tertiary alicyclic amines) is 1. The molecular weight excluding hydrogens is 236 g/mol. The molecule has 0 aromatic heterocycles. The predicted molar refractivity (Wildman–Crippen MR) is 78.4 cm³/mol. The summed E-state index contributed by atoms with van der Waals surface area (Å²) < 4.78 is 5.69. The topological polar surface area (TPSA) is 24.5 Å². The normalized spacial score (nSPS) is 30.0. The van der Waals surface area contributed by atoms with Gasteiger partial charge >= 0.3 is 0 Å². The zero-order valence-corrected chi connectivity index (χ0v) is 12.3. The quantitative estimate of drug-likeness (QED) is 0.766. The molecule has 3 fully saturated rings. The Labute approximate surface area is 118 Å². The van der Waals surface area contributed by atoms with Gasteiger partial charge in [0.15, 0.2) is 0 Å². The summed E-state index contributed by atoms with van der Waals surface area (Å²) in [6.45, 7) is 6.17. The van der Waals surface area contributed by atoms with Crippen LogP contribution < -0.4 is 5.32 Å². The van der Waals surface area contributed by atoms with Gasteiger partial charge in [-0.05, 0) is 83.5 Å². The van der Waals surface area contributed by atoms with Gasteiger partial charge in [0, 0.05) is 12.6 Å². The van der Waals surface area contributed by atoms with Crippen LogP contribution in [-0.2, 0) is 4.74 Å². The van der Waals surface area contributed by atoms with E-state index in [0.717, 1.165) is 18.6 Å². The van der Waals surface area contributed by atoms with Gasteiger partial charge in [0.25, 0.3) is 0 Å². The van der Waals surface area contributed by atoms with Gasteiger partial charge in [0.1, 0.15) is 0 Å². The third kappa shape index (κ3) is 4.73. The van der Waals surface area contributed by atoms with Crippen molar-refractivity contribution >= 4 is 0 Å². The molecule has 1 aliphatic carbocycles. The number of hydrogen-bond acceptors (Lipinski definition) is 3. The zero-order valence-electron chi connectivity index (χ0n) is 12.3. The summed E-state index contributed by atoms with van der Waals surface area (Å²) in [7, 11) is 0. The molecule has 0 aromatic rings. The lowest BCUT2D eigenvalue weighted by atomic mass is 10.0. The number of piperidine rings is 1. The fraction of sp³-hybridized carbons (Fsp3) is 1.00. The van der Waals surface area contributed by atoms with Crippen LogP contribution in [0.5, 0.6) is 0 Å². The lowest BCUT2D eigenvalue weighted by molar-refractivity contribution is 0.0967. The Kier molecular flexibility index (Phi) is 5.14. The van der Waals surface area contributed by atoms with Gasteiger partial charge in [-0.1, -0.05) is 0 Å². The monoisotopic (exact) mass is 266 g/mol. The Morgan fingerprint density at radius 2 is 1.89 bits per heavy atom. The molecule has 3 nitrogen and oxygen atoms in total. The standard InChI is InChI=1S/C16H30N2O/c1(3-16-4-2-12-19-16)9-18-10-7-15(8-11-18)17-13-14-5-6-14/h14-17H,1-13H2. The van der Waals surface area contributed by atoms with Crippen LogP contribution in [0.25, 0.3) is 0 Å². The molecule has 1 unspecified atom stereocenters. The fourth-order valence-corrected chi connectivity index (χ4v) is 3.43. The molecule has 0 aromatic carbocycles. The Morgan fingerprint density at radius 3 is 2.58 bits per heavy atom. The molecule has 0 bridgehead atoms. The average Bonchev–Trinajstić information content (AvgIpc) is 3.13. The van der Waals surface area contributed by atoms with Gasteiger partial charge in [-0.25, -0.2) is 0 Å². The summed E-state index contributed by atoms with van der Waals surface area (Å²) in [6, 6.07) is 0.801. The molecule has 19 heavy (non-hydrogen) atoms. The lowest BCUT2D eigenvalue weighted by Gasteiger charge is -2.32. The molecule has 3 rings (SSSR count). The average molecular weight is 266 g/mol. The highest BCUT2D eigenvalue weighted by atomic mass is 16.5. The van der Waals surface area contributed by atoms with Gasteiger partial charge in [-0.2, -0.15) is 0 Å². The molecule has 3 aliphatic rings. The van der Waals surface area contributed by atoms with Gasteiger partial charge < -0.3 is 15.0 Å². The fourth-order valence-electron chi connectivity index (χ4n) is 3.43. The molecule has 1 saturated carbocycles. The Balaban J connectivity index is 1.23. The van der Waals surface area contributed by atoms with Crippen LogP contribution in [-0.4, -0.2) is 49.8 Å². The highest BCUT2D eigenvalue weighted by molar-refractivity contribution is 4.81. The first kappa shape index (κ1) is 13.8. The van der Waals surface area contributed by atoms with Crippen molar-refractivity contribution in [1.82, 2.24) is 10.2 Å². The maximum Gasteiger partial charge on any atom is 0.0576 e. The molecule has 0 amide bonds. The van der Waals surface area contributed by atoms with E-state index in [2.05, 4.69) is 10.2 Å². The molecule has 110 valence electrons. The van der Waals surface area contributed by atoms with Crippen molar-refractivity contribution in [2.45, 2.75) is 63.5 Å². The molecule has 1 atom stereocenters. The van der Waals surface area contributed by atoms with E-state index in [1.54, 1.807) is 0 Å². The summed E-state index contributed by atoms with van der Waals surface area (Å²) in [5.41, 5.74) is 0. The van der Waals surface area contributed by atoms with Crippen LogP contribution in [0.2, 0.25) is 0 Å².